The first kappa shape index (κ1) is 17.9. The van der Waals surface area contributed by atoms with E-state index in [0.717, 1.165) is 12.4 Å². The number of hydrogen-bond donors (Lipinski definition) is 1. The second kappa shape index (κ2) is 9.06. The molecular formula is C5H13Cl3N4. The number of aromatic nitrogens is 3. The molecule has 0 spiro atoms. The topological polar surface area (TPSA) is 42.7 Å². The molecule has 0 atom stereocenters. The van der Waals surface area contributed by atoms with Crippen molar-refractivity contribution < 1.29 is 0 Å². The number of nitrogens with one attached hydrogen (secondary N) is 1. The van der Waals surface area contributed by atoms with Crippen molar-refractivity contribution in [1.82, 2.24) is 20.1 Å². The minimum absolute atomic E-state index is 0. The highest BCUT2D eigenvalue weighted by atomic mass is 35.5. The van der Waals surface area contributed by atoms with Crippen LogP contribution in [0.1, 0.15) is 5.82 Å². The molecule has 0 aromatic carbocycles. The third-order valence-electron chi connectivity index (χ3n) is 1.14. The molecule has 0 bridgehead atoms. The Labute approximate surface area is 90.4 Å². The average molecular weight is 236 g/mol. The van der Waals surface area contributed by atoms with E-state index in [1.807, 2.05) is 14.1 Å². The van der Waals surface area contributed by atoms with Gasteiger partial charge in [-0.15, -0.1) is 37.2 Å². The van der Waals surface area contributed by atoms with Crippen LogP contribution in [0.4, 0.5) is 0 Å². The zero-order valence-corrected chi connectivity index (χ0v) is 9.30. The fourth-order valence-electron chi connectivity index (χ4n) is 0.638. The summed E-state index contributed by atoms with van der Waals surface area (Å²) in [6, 6.07) is 0. The summed E-state index contributed by atoms with van der Waals surface area (Å²) in [7, 11) is 3.76. The highest BCUT2D eigenvalue weighted by Gasteiger charge is 1.94. The van der Waals surface area contributed by atoms with Crippen LogP contribution >= 0.6 is 37.2 Å². The van der Waals surface area contributed by atoms with E-state index in [-0.39, 0.29) is 37.2 Å². The first-order valence-electron chi connectivity index (χ1n) is 2.82. The van der Waals surface area contributed by atoms with Crippen molar-refractivity contribution in [2.75, 3.05) is 7.05 Å². The third-order valence-corrected chi connectivity index (χ3v) is 1.14. The quantitative estimate of drug-likeness (QED) is 0.825. The third kappa shape index (κ3) is 4.77. The molecule has 1 rings (SSSR count). The Kier molecular flexibility index (Phi) is 13.5. The van der Waals surface area contributed by atoms with E-state index in [0.29, 0.717) is 0 Å². The lowest BCUT2D eigenvalue weighted by molar-refractivity contribution is 0.659. The number of hydrogen-bond acceptors (Lipinski definition) is 3. The van der Waals surface area contributed by atoms with Crippen LogP contribution < -0.4 is 5.32 Å². The second-order valence-corrected chi connectivity index (χ2v) is 1.83. The summed E-state index contributed by atoms with van der Waals surface area (Å²) in [6.45, 7) is 0.774. The average Bonchev–Trinajstić information content (AvgIpc) is 2.18. The van der Waals surface area contributed by atoms with Gasteiger partial charge in [-0.2, -0.15) is 5.10 Å². The standard InChI is InChI=1S/C5H10N4.3ClH/c1-6-3-5-7-4-8-9(5)2;;;/h4,6H,3H2,1-2H3;3*1H. The number of rotatable bonds is 2. The van der Waals surface area contributed by atoms with Crippen LogP contribution in [-0.2, 0) is 13.6 Å². The van der Waals surface area contributed by atoms with Gasteiger partial charge in [-0.25, -0.2) is 4.98 Å². The van der Waals surface area contributed by atoms with Crippen LogP contribution in [0.2, 0.25) is 0 Å². The second-order valence-electron chi connectivity index (χ2n) is 1.83. The Morgan fingerprint density at radius 3 is 2.33 bits per heavy atom. The maximum atomic E-state index is 3.99. The van der Waals surface area contributed by atoms with Gasteiger partial charge in [-0.05, 0) is 7.05 Å². The van der Waals surface area contributed by atoms with Gasteiger partial charge in [0, 0.05) is 7.05 Å². The van der Waals surface area contributed by atoms with Crippen molar-refractivity contribution in [2.24, 2.45) is 7.05 Å². The van der Waals surface area contributed by atoms with Gasteiger partial charge in [0.2, 0.25) is 0 Å². The fraction of sp³-hybridized carbons (Fsp3) is 0.600. The highest BCUT2D eigenvalue weighted by Crippen LogP contribution is 1.86. The predicted molar refractivity (Wildman–Crippen MR) is 55.5 cm³/mol. The predicted octanol–water partition coefficient (Wildman–Crippen LogP) is 0.800. The number of nitrogens with zero attached hydrogens (tertiary/aromatic N) is 3. The Balaban J connectivity index is -0.000000270. The highest BCUT2D eigenvalue weighted by molar-refractivity contribution is 5.86. The van der Waals surface area contributed by atoms with Gasteiger partial charge >= 0.3 is 0 Å². The smallest absolute Gasteiger partial charge is 0.140 e. The molecule has 0 saturated carbocycles. The first-order valence-corrected chi connectivity index (χ1v) is 2.82. The van der Waals surface area contributed by atoms with Crippen molar-refractivity contribution in [3.05, 3.63) is 12.2 Å². The zero-order valence-electron chi connectivity index (χ0n) is 6.85. The minimum atomic E-state index is 0. The molecule has 0 unspecified atom stereocenters. The van der Waals surface area contributed by atoms with Crippen molar-refractivity contribution in [2.45, 2.75) is 6.54 Å². The number of aryl methyl sites for hydroxylation is 1. The monoisotopic (exact) mass is 234 g/mol. The van der Waals surface area contributed by atoms with Gasteiger partial charge in [-0.1, -0.05) is 0 Å². The summed E-state index contributed by atoms with van der Waals surface area (Å²) in [4.78, 5) is 3.99. The zero-order chi connectivity index (χ0) is 6.69. The Bertz CT molecular complexity index is 191. The van der Waals surface area contributed by atoms with Crippen molar-refractivity contribution in [3.63, 3.8) is 0 Å². The van der Waals surface area contributed by atoms with Crippen LogP contribution in [0.3, 0.4) is 0 Å². The molecule has 1 N–H and O–H groups in total. The molecule has 0 aliphatic heterocycles. The molecule has 0 fully saturated rings. The van der Waals surface area contributed by atoms with E-state index in [1.165, 1.54) is 0 Å². The maximum absolute atomic E-state index is 3.99. The maximum Gasteiger partial charge on any atom is 0.140 e. The Hall–Kier alpha value is -0.0300. The van der Waals surface area contributed by atoms with Crippen molar-refractivity contribution in [3.8, 4) is 0 Å². The molecule has 0 saturated heterocycles. The molecule has 0 aliphatic carbocycles. The molecule has 1 heterocycles. The lowest BCUT2D eigenvalue weighted by Crippen LogP contribution is -2.10. The van der Waals surface area contributed by atoms with Crippen LogP contribution in [0, 0.1) is 0 Å². The van der Waals surface area contributed by atoms with Gasteiger partial charge in [0.05, 0.1) is 6.54 Å². The Morgan fingerprint density at radius 1 is 1.42 bits per heavy atom. The Morgan fingerprint density at radius 2 is 2.00 bits per heavy atom. The molecule has 4 nitrogen and oxygen atoms in total. The van der Waals surface area contributed by atoms with Crippen LogP contribution in [0.5, 0.6) is 0 Å². The van der Waals surface area contributed by atoms with Gasteiger partial charge in [0.25, 0.3) is 0 Å². The largest absolute Gasteiger partial charge is 0.313 e. The normalized spacial score (nSPS) is 7.50. The summed E-state index contributed by atoms with van der Waals surface area (Å²) >= 11 is 0. The summed E-state index contributed by atoms with van der Waals surface area (Å²) in [6.07, 6.45) is 1.55. The van der Waals surface area contributed by atoms with Gasteiger partial charge < -0.3 is 5.32 Å². The summed E-state index contributed by atoms with van der Waals surface area (Å²) in [5, 5.41) is 6.89. The molecule has 1 aromatic heterocycles. The minimum Gasteiger partial charge on any atom is -0.313 e. The summed E-state index contributed by atoms with van der Waals surface area (Å²) < 4.78 is 1.75. The van der Waals surface area contributed by atoms with E-state index in [2.05, 4.69) is 15.4 Å². The van der Waals surface area contributed by atoms with Crippen LogP contribution in [-0.4, -0.2) is 21.8 Å². The van der Waals surface area contributed by atoms with E-state index < -0.39 is 0 Å². The van der Waals surface area contributed by atoms with Gasteiger partial charge in [0.15, 0.2) is 0 Å². The van der Waals surface area contributed by atoms with Gasteiger partial charge in [0.1, 0.15) is 12.2 Å². The van der Waals surface area contributed by atoms with Crippen LogP contribution in [0.25, 0.3) is 0 Å². The lowest BCUT2D eigenvalue weighted by atomic mass is 10.6. The van der Waals surface area contributed by atoms with Gasteiger partial charge in [-0.3, -0.25) is 4.68 Å². The molecule has 1 aromatic rings. The lowest BCUT2D eigenvalue weighted by Gasteiger charge is -1.95. The molecule has 0 radical (unpaired) electrons. The molecular weight excluding hydrogens is 222 g/mol. The van der Waals surface area contributed by atoms with E-state index in [4.69, 9.17) is 0 Å². The first-order chi connectivity index (χ1) is 4.34. The molecule has 12 heavy (non-hydrogen) atoms. The SMILES string of the molecule is CNCc1ncnn1C.Cl.Cl.Cl. The molecule has 74 valence electrons. The van der Waals surface area contributed by atoms with Crippen LogP contribution in [0.15, 0.2) is 6.33 Å². The number of halogens is 3. The molecule has 0 aliphatic rings. The summed E-state index contributed by atoms with van der Waals surface area (Å²) in [5.74, 6) is 0.956. The van der Waals surface area contributed by atoms with Crippen molar-refractivity contribution >= 4 is 37.2 Å². The molecule has 0 amide bonds. The van der Waals surface area contributed by atoms with E-state index in [9.17, 15) is 0 Å². The fourth-order valence-corrected chi connectivity index (χ4v) is 0.638. The summed E-state index contributed by atoms with van der Waals surface area (Å²) in [5.41, 5.74) is 0. The molecule has 7 heteroatoms. The van der Waals surface area contributed by atoms with E-state index in [1.54, 1.807) is 11.0 Å². The van der Waals surface area contributed by atoms with Crippen molar-refractivity contribution in [1.29, 1.82) is 0 Å². The van der Waals surface area contributed by atoms with E-state index >= 15 is 0 Å².